The SMILES string of the molecule is CCNc1ncc(Br)c(NC2CC3CCCC(C2)N3C)n1. The van der Waals surface area contributed by atoms with Crippen molar-refractivity contribution >= 4 is 27.7 Å². The lowest BCUT2D eigenvalue weighted by atomic mass is 9.82. The van der Waals surface area contributed by atoms with Crippen LogP contribution in [0.25, 0.3) is 0 Å². The molecule has 6 heteroatoms. The van der Waals surface area contributed by atoms with Gasteiger partial charge < -0.3 is 15.5 Å². The molecule has 2 aliphatic heterocycles. The van der Waals surface area contributed by atoms with Crippen LogP contribution in [-0.2, 0) is 0 Å². The molecule has 5 nitrogen and oxygen atoms in total. The third-order valence-electron chi connectivity index (χ3n) is 4.76. The Morgan fingerprint density at radius 2 is 2.05 bits per heavy atom. The predicted molar refractivity (Wildman–Crippen MR) is 89.7 cm³/mol. The van der Waals surface area contributed by atoms with Crippen LogP contribution in [0.4, 0.5) is 11.8 Å². The Labute approximate surface area is 135 Å². The topological polar surface area (TPSA) is 53.1 Å². The first-order valence-corrected chi connectivity index (χ1v) is 8.71. The minimum atomic E-state index is 0.511. The lowest BCUT2D eigenvalue weighted by Gasteiger charge is -2.47. The van der Waals surface area contributed by atoms with Gasteiger partial charge in [0.05, 0.1) is 4.47 Å². The van der Waals surface area contributed by atoms with Gasteiger partial charge in [0, 0.05) is 30.9 Å². The summed E-state index contributed by atoms with van der Waals surface area (Å²) >= 11 is 3.56. The van der Waals surface area contributed by atoms with Crippen LogP contribution < -0.4 is 10.6 Å². The average molecular weight is 354 g/mol. The summed E-state index contributed by atoms with van der Waals surface area (Å²) in [6.45, 7) is 2.89. The fraction of sp³-hybridized carbons (Fsp3) is 0.733. The third kappa shape index (κ3) is 3.31. The fourth-order valence-electron chi connectivity index (χ4n) is 3.64. The van der Waals surface area contributed by atoms with Crippen molar-refractivity contribution in [3.8, 4) is 0 Å². The number of nitrogens with one attached hydrogen (secondary N) is 2. The number of aromatic nitrogens is 2. The van der Waals surface area contributed by atoms with E-state index >= 15 is 0 Å². The molecule has 0 saturated carbocycles. The van der Waals surface area contributed by atoms with Crippen molar-refractivity contribution in [1.29, 1.82) is 0 Å². The normalized spacial score (nSPS) is 29.2. The molecule has 2 fully saturated rings. The predicted octanol–water partition coefficient (Wildman–Crippen LogP) is 3.10. The van der Waals surface area contributed by atoms with Crippen molar-refractivity contribution in [2.45, 2.75) is 57.2 Å². The highest BCUT2D eigenvalue weighted by Crippen LogP contribution is 2.34. The van der Waals surface area contributed by atoms with E-state index in [4.69, 9.17) is 0 Å². The van der Waals surface area contributed by atoms with Crippen LogP contribution in [0, 0.1) is 0 Å². The van der Waals surface area contributed by atoms with E-state index in [-0.39, 0.29) is 0 Å². The molecule has 116 valence electrons. The van der Waals surface area contributed by atoms with E-state index in [1.54, 1.807) is 0 Å². The lowest BCUT2D eigenvalue weighted by molar-refractivity contribution is 0.0608. The van der Waals surface area contributed by atoms with Crippen molar-refractivity contribution in [2.24, 2.45) is 0 Å². The zero-order valence-electron chi connectivity index (χ0n) is 12.8. The quantitative estimate of drug-likeness (QED) is 0.870. The monoisotopic (exact) mass is 353 g/mol. The molecule has 3 rings (SSSR count). The van der Waals surface area contributed by atoms with E-state index in [2.05, 4.69) is 55.4 Å². The Kier molecular flexibility index (Phi) is 4.64. The molecule has 0 radical (unpaired) electrons. The van der Waals surface area contributed by atoms with E-state index < -0.39 is 0 Å². The molecule has 2 saturated heterocycles. The Balaban J connectivity index is 1.70. The summed E-state index contributed by atoms with van der Waals surface area (Å²) < 4.78 is 0.938. The molecule has 0 spiro atoms. The molecular weight excluding hydrogens is 330 g/mol. The number of rotatable bonds is 4. The van der Waals surface area contributed by atoms with Crippen LogP contribution in [0.5, 0.6) is 0 Å². The van der Waals surface area contributed by atoms with Gasteiger partial charge in [0.1, 0.15) is 5.82 Å². The summed E-state index contributed by atoms with van der Waals surface area (Å²) in [7, 11) is 2.29. The van der Waals surface area contributed by atoms with Gasteiger partial charge in [-0.25, -0.2) is 4.98 Å². The molecule has 21 heavy (non-hydrogen) atoms. The van der Waals surface area contributed by atoms with E-state index in [1.807, 2.05) is 6.20 Å². The second-order valence-corrected chi connectivity index (χ2v) is 6.99. The van der Waals surface area contributed by atoms with Gasteiger partial charge in [0.25, 0.3) is 0 Å². The molecule has 1 aromatic rings. The third-order valence-corrected chi connectivity index (χ3v) is 5.34. The first-order chi connectivity index (χ1) is 10.2. The summed E-state index contributed by atoms with van der Waals surface area (Å²) in [6.07, 6.45) is 8.29. The van der Waals surface area contributed by atoms with Crippen molar-refractivity contribution in [3.05, 3.63) is 10.7 Å². The Hall–Kier alpha value is -0.880. The highest BCUT2D eigenvalue weighted by atomic mass is 79.9. The van der Waals surface area contributed by atoms with Crippen LogP contribution in [0.3, 0.4) is 0 Å². The largest absolute Gasteiger partial charge is 0.366 e. The standard InChI is InChI=1S/C15H24BrN5/c1-3-17-15-18-9-13(16)14(20-15)19-10-7-11-5-4-6-12(8-10)21(11)2/h9-12H,3-8H2,1-2H3,(H2,17,18,19,20). The highest BCUT2D eigenvalue weighted by Gasteiger charge is 2.36. The number of hydrogen-bond donors (Lipinski definition) is 2. The summed E-state index contributed by atoms with van der Waals surface area (Å²) in [5.41, 5.74) is 0. The molecule has 2 atom stereocenters. The van der Waals surface area contributed by atoms with Crippen molar-refractivity contribution in [2.75, 3.05) is 24.2 Å². The molecule has 2 N–H and O–H groups in total. The number of anilines is 2. The number of halogens is 1. The maximum Gasteiger partial charge on any atom is 0.224 e. The number of fused-ring (bicyclic) bond motifs is 2. The Morgan fingerprint density at radius 3 is 2.71 bits per heavy atom. The van der Waals surface area contributed by atoms with Gasteiger partial charge >= 0.3 is 0 Å². The maximum absolute atomic E-state index is 4.58. The summed E-state index contributed by atoms with van der Waals surface area (Å²) in [5, 5.41) is 6.80. The molecular formula is C15H24BrN5. The first-order valence-electron chi connectivity index (χ1n) is 7.92. The van der Waals surface area contributed by atoms with Gasteiger partial charge in [-0.2, -0.15) is 4.98 Å². The van der Waals surface area contributed by atoms with Gasteiger partial charge in [-0.05, 0) is 55.6 Å². The lowest BCUT2D eigenvalue weighted by Crippen LogP contribution is -2.52. The number of nitrogens with zero attached hydrogens (tertiary/aromatic N) is 3. The van der Waals surface area contributed by atoms with Crippen molar-refractivity contribution in [3.63, 3.8) is 0 Å². The molecule has 0 aliphatic carbocycles. The van der Waals surface area contributed by atoms with Gasteiger partial charge in [0.2, 0.25) is 5.95 Å². The van der Waals surface area contributed by atoms with Crippen LogP contribution in [-0.4, -0.2) is 46.6 Å². The molecule has 0 aromatic carbocycles. The van der Waals surface area contributed by atoms with Crippen LogP contribution in [0.15, 0.2) is 10.7 Å². The van der Waals surface area contributed by atoms with Crippen LogP contribution in [0.1, 0.15) is 39.0 Å². The minimum Gasteiger partial charge on any atom is -0.366 e. The minimum absolute atomic E-state index is 0.511. The maximum atomic E-state index is 4.58. The van der Waals surface area contributed by atoms with E-state index in [1.165, 1.54) is 32.1 Å². The summed E-state index contributed by atoms with van der Waals surface area (Å²) in [5.74, 6) is 1.60. The van der Waals surface area contributed by atoms with Crippen LogP contribution in [0.2, 0.25) is 0 Å². The zero-order valence-corrected chi connectivity index (χ0v) is 14.4. The second kappa shape index (κ2) is 6.48. The van der Waals surface area contributed by atoms with Gasteiger partial charge in [-0.15, -0.1) is 0 Å². The second-order valence-electron chi connectivity index (χ2n) is 6.14. The smallest absolute Gasteiger partial charge is 0.224 e. The first kappa shape index (κ1) is 15.0. The van der Waals surface area contributed by atoms with Gasteiger partial charge in [0.15, 0.2) is 0 Å². The van der Waals surface area contributed by atoms with E-state index in [0.29, 0.717) is 12.0 Å². The Bertz CT molecular complexity index is 481. The Morgan fingerprint density at radius 1 is 1.33 bits per heavy atom. The molecule has 2 unspecified atom stereocenters. The average Bonchev–Trinajstić information content (AvgIpc) is 2.44. The van der Waals surface area contributed by atoms with Crippen LogP contribution >= 0.6 is 15.9 Å². The summed E-state index contributed by atoms with van der Waals surface area (Å²) in [4.78, 5) is 11.4. The van der Waals surface area contributed by atoms with Gasteiger partial charge in [-0.1, -0.05) is 6.42 Å². The molecule has 3 heterocycles. The highest BCUT2D eigenvalue weighted by molar-refractivity contribution is 9.10. The summed E-state index contributed by atoms with van der Waals surface area (Å²) in [6, 6.07) is 1.96. The van der Waals surface area contributed by atoms with E-state index in [9.17, 15) is 0 Å². The van der Waals surface area contributed by atoms with Crippen molar-refractivity contribution < 1.29 is 0 Å². The molecule has 2 aliphatic rings. The van der Waals surface area contributed by atoms with E-state index in [0.717, 1.165) is 28.9 Å². The fourth-order valence-corrected chi connectivity index (χ4v) is 3.94. The molecule has 2 bridgehead atoms. The zero-order chi connectivity index (χ0) is 14.8. The number of hydrogen-bond acceptors (Lipinski definition) is 5. The van der Waals surface area contributed by atoms with Crippen molar-refractivity contribution in [1.82, 2.24) is 14.9 Å². The molecule has 0 amide bonds. The van der Waals surface area contributed by atoms with Gasteiger partial charge in [-0.3, -0.25) is 0 Å². The number of piperidine rings is 2. The molecule has 1 aromatic heterocycles.